The Morgan fingerprint density at radius 2 is 2.36 bits per heavy atom. The van der Waals surface area contributed by atoms with Crippen LogP contribution in [0.1, 0.15) is 13.8 Å². The number of Topliss-reactive ketones (excluding diaryl/α,β-unsaturated/α-hetero) is 1. The van der Waals surface area contributed by atoms with E-state index < -0.39 is 0 Å². The monoisotopic (exact) mass is 152 g/mol. The van der Waals surface area contributed by atoms with Crippen molar-refractivity contribution in [3.8, 4) is 0 Å². The van der Waals surface area contributed by atoms with Gasteiger partial charge in [-0.1, -0.05) is 13.8 Å². The summed E-state index contributed by atoms with van der Waals surface area (Å²) >= 11 is 0. The SMILES string of the molecule is CC(C)C(=O)Cn1ccnc1. The van der Waals surface area contributed by atoms with E-state index >= 15 is 0 Å². The molecule has 0 amide bonds. The highest BCUT2D eigenvalue weighted by Crippen LogP contribution is 1.97. The van der Waals surface area contributed by atoms with Crippen molar-refractivity contribution >= 4 is 5.78 Å². The number of rotatable bonds is 3. The molecular weight excluding hydrogens is 140 g/mol. The number of carbonyl (C=O) groups excluding carboxylic acids is 1. The fourth-order valence-corrected chi connectivity index (χ4v) is 0.743. The second-order valence-electron chi connectivity index (χ2n) is 2.86. The molecule has 0 N–H and O–H groups in total. The molecular formula is C8H12N2O. The first kappa shape index (κ1) is 7.98. The van der Waals surface area contributed by atoms with E-state index in [1.165, 1.54) is 0 Å². The number of aromatic nitrogens is 2. The molecule has 0 saturated heterocycles. The van der Waals surface area contributed by atoms with E-state index in [1.807, 2.05) is 13.8 Å². The average Bonchev–Trinajstić information content (AvgIpc) is 2.39. The molecule has 0 radical (unpaired) electrons. The van der Waals surface area contributed by atoms with Crippen LogP contribution in [0.15, 0.2) is 18.7 Å². The zero-order valence-electron chi connectivity index (χ0n) is 6.82. The summed E-state index contributed by atoms with van der Waals surface area (Å²) in [4.78, 5) is 15.0. The Morgan fingerprint density at radius 1 is 1.64 bits per heavy atom. The molecule has 0 aliphatic heterocycles. The largest absolute Gasteiger partial charge is 0.330 e. The molecule has 60 valence electrons. The van der Waals surface area contributed by atoms with Gasteiger partial charge < -0.3 is 4.57 Å². The third kappa shape index (κ3) is 2.18. The minimum absolute atomic E-state index is 0.109. The molecule has 0 aromatic carbocycles. The van der Waals surface area contributed by atoms with Crippen LogP contribution >= 0.6 is 0 Å². The smallest absolute Gasteiger partial charge is 0.155 e. The van der Waals surface area contributed by atoms with Crippen LogP contribution in [0, 0.1) is 5.92 Å². The lowest BCUT2D eigenvalue weighted by atomic mass is 10.1. The van der Waals surface area contributed by atoms with Crippen LogP contribution < -0.4 is 0 Å². The predicted octanol–water partition coefficient (Wildman–Crippen LogP) is 1.11. The van der Waals surface area contributed by atoms with E-state index in [4.69, 9.17) is 0 Å². The van der Waals surface area contributed by atoms with E-state index in [9.17, 15) is 4.79 Å². The molecule has 3 heteroatoms. The van der Waals surface area contributed by atoms with Gasteiger partial charge in [-0.3, -0.25) is 4.79 Å². The highest BCUT2D eigenvalue weighted by molar-refractivity contribution is 5.80. The summed E-state index contributed by atoms with van der Waals surface area (Å²) in [6, 6.07) is 0. The van der Waals surface area contributed by atoms with Crippen molar-refractivity contribution in [2.45, 2.75) is 20.4 Å². The van der Waals surface area contributed by atoms with Crippen LogP contribution in [0.3, 0.4) is 0 Å². The third-order valence-corrected chi connectivity index (χ3v) is 1.54. The van der Waals surface area contributed by atoms with Gasteiger partial charge in [0.2, 0.25) is 0 Å². The number of hydrogen-bond acceptors (Lipinski definition) is 2. The van der Waals surface area contributed by atoms with Crippen molar-refractivity contribution in [2.75, 3.05) is 0 Å². The van der Waals surface area contributed by atoms with Gasteiger partial charge in [-0.15, -0.1) is 0 Å². The Labute approximate surface area is 66.1 Å². The van der Waals surface area contributed by atoms with Gasteiger partial charge in [-0.25, -0.2) is 4.98 Å². The fraction of sp³-hybridized carbons (Fsp3) is 0.500. The quantitative estimate of drug-likeness (QED) is 0.650. The predicted molar refractivity (Wildman–Crippen MR) is 42.1 cm³/mol. The summed E-state index contributed by atoms with van der Waals surface area (Å²) in [6.07, 6.45) is 5.12. The standard InChI is InChI=1S/C8H12N2O/c1-7(2)8(11)5-10-4-3-9-6-10/h3-4,6-7H,5H2,1-2H3. The van der Waals surface area contributed by atoms with Crippen LogP contribution in [0.5, 0.6) is 0 Å². The minimum Gasteiger partial charge on any atom is -0.330 e. The summed E-state index contributed by atoms with van der Waals surface area (Å²) in [5, 5.41) is 0. The molecule has 1 heterocycles. The van der Waals surface area contributed by atoms with Crippen LogP contribution in [-0.2, 0) is 11.3 Å². The molecule has 0 bridgehead atoms. The molecule has 1 aromatic heterocycles. The first-order chi connectivity index (χ1) is 5.20. The van der Waals surface area contributed by atoms with Crippen LogP contribution in [-0.4, -0.2) is 15.3 Å². The lowest BCUT2D eigenvalue weighted by Crippen LogP contribution is -2.14. The first-order valence-electron chi connectivity index (χ1n) is 3.68. The molecule has 0 fully saturated rings. The lowest BCUT2D eigenvalue weighted by molar-refractivity contribution is -0.122. The van der Waals surface area contributed by atoms with E-state index in [0.717, 1.165) is 0 Å². The Hall–Kier alpha value is -1.12. The van der Waals surface area contributed by atoms with Gasteiger partial charge in [-0.05, 0) is 0 Å². The molecule has 0 atom stereocenters. The van der Waals surface area contributed by atoms with Gasteiger partial charge >= 0.3 is 0 Å². The zero-order valence-corrected chi connectivity index (χ0v) is 6.82. The molecule has 11 heavy (non-hydrogen) atoms. The maximum Gasteiger partial charge on any atom is 0.155 e. The topological polar surface area (TPSA) is 34.9 Å². The maximum atomic E-state index is 11.2. The lowest BCUT2D eigenvalue weighted by Gasteiger charge is -2.03. The number of nitrogens with zero attached hydrogens (tertiary/aromatic N) is 2. The Balaban J connectivity index is 2.50. The van der Waals surface area contributed by atoms with E-state index in [1.54, 1.807) is 23.3 Å². The van der Waals surface area contributed by atoms with E-state index in [2.05, 4.69) is 4.98 Å². The second kappa shape index (κ2) is 3.32. The molecule has 0 aliphatic rings. The summed E-state index contributed by atoms with van der Waals surface area (Å²) in [6.45, 7) is 4.25. The van der Waals surface area contributed by atoms with Crippen molar-refractivity contribution in [1.29, 1.82) is 0 Å². The highest BCUT2D eigenvalue weighted by Gasteiger charge is 2.06. The Morgan fingerprint density at radius 3 is 2.82 bits per heavy atom. The van der Waals surface area contributed by atoms with Crippen molar-refractivity contribution in [2.24, 2.45) is 5.92 Å². The number of imidazole rings is 1. The Bertz CT molecular complexity index is 226. The fourth-order valence-electron chi connectivity index (χ4n) is 0.743. The van der Waals surface area contributed by atoms with Crippen LogP contribution in [0.4, 0.5) is 0 Å². The number of ketones is 1. The summed E-state index contributed by atoms with van der Waals surface area (Å²) in [7, 11) is 0. The highest BCUT2D eigenvalue weighted by atomic mass is 16.1. The average molecular weight is 152 g/mol. The first-order valence-corrected chi connectivity index (χ1v) is 3.68. The van der Waals surface area contributed by atoms with Crippen molar-refractivity contribution < 1.29 is 4.79 Å². The zero-order chi connectivity index (χ0) is 8.27. The number of carbonyl (C=O) groups is 1. The van der Waals surface area contributed by atoms with E-state index in [-0.39, 0.29) is 11.7 Å². The van der Waals surface area contributed by atoms with Crippen molar-refractivity contribution in [3.63, 3.8) is 0 Å². The van der Waals surface area contributed by atoms with Crippen molar-refractivity contribution in [3.05, 3.63) is 18.7 Å². The molecule has 0 saturated carbocycles. The molecule has 0 spiro atoms. The molecule has 0 aliphatic carbocycles. The molecule has 0 unspecified atom stereocenters. The molecule has 3 nitrogen and oxygen atoms in total. The number of hydrogen-bond donors (Lipinski definition) is 0. The van der Waals surface area contributed by atoms with Gasteiger partial charge in [0.15, 0.2) is 5.78 Å². The Kier molecular flexibility index (Phi) is 2.41. The maximum absolute atomic E-state index is 11.2. The van der Waals surface area contributed by atoms with Gasteiger partial charge in [0, 0.05) is 18.3 Å². The van der Waals surface area contributed by atoms with Crippen molar-refractivity contribution in [1.82, 2.24) is 9.55 Å². The van der Waals surface area contributed by atoms with Gasteiger partial charge in [0.05, 0.1) is 12.9 Å². The normalized spacial score (nSPS) is 10.5. The van der Waals surface area contributed by atoms with Gasteiger partial charge in [0.1, 0.15) is 0 Å². The summed E-state index contributed by atoms with van der Waals surface area (Å²) < 4.78 is 1.78. The third-order valence-electron chi connectivity index (χ3n) is 1.54. The minimum atomic E-state index is 0.109. The van der Waals surface area contributed by atoms with Gasteiger partial charge in [0.25, 0.3) is 0 Å². The van der Waals surface area contributed by atoms with Crippen LogP contribution in [0.2, 0.25) is 0 Å². The molecule has 1 aromatic rings. The summed E-state index contributed by atoms with van der Waals surface area (Å²) in [5.74, 6) is 0.348. The van der Waals surface area contributed by atoms with E-state index in [0.29, 0.717) is 6.54 Å². The second-order valence-corrected chi connectivity index (χ2v) is 2.86. The summed E-state index contributed by atoms with van der Waals surface area (Å²) in [5.41, 5.74) is 0. The molecule has 1 rings (SSSR count). The van der Waals surface area contributed by atoms with Crippen LogP contribution in [0.25, 0.3) is 0 Å². The van der Waals surface area contributed by atoms with Gasteiger partial charge in [-0.2, -0.15) is 0 Å².